The minimum atomic E-state index is -1.20. The molecule has 8 heteroatoms. The van der Waals surface area contributed by atoms with Crippen LogP contribution in [0.3, 0.4) is 0 Å². The zero-order chi connectivity index (χ0) is 16.4. The maximum absolute atomic E-state index is 11.2. The fourth-order valence-corrected chi connectivity index (χ4v) is 1.85. The number of nitrogens with zero attached hydrogens (tertiary/aromatic N) is 1. The first-order valence-electron chi connectivity index (χ1n) is 6.19. The van der Waals surface area contributed by atoms with Gasteiger partial charge in [-0.3, -0.25) is 9.59 Å². The Morgan fingerprint density at radius 1 is 1.00 bits per heavy atom. The maximum atomic E-state index is 11.2. The molecule has 0 aliphatic carbocycles. The molecule has 0 aliphatic heterocycles. The summed E-state index contributed by atoms with van der Waals surface area (Å²) in [5.74, 6) is -1.16. The first kappa shape index (κ1) is 19.3. The predicted molar refractivity (Wildman–Crippen MR) is 70.2 cm³/mol. The van der Waals surface area contributed by atoms with Gasteiger partial charge in [-0.2, -0.15) is 5.26 Å². The second kappa shape index (κ2) is 10.1. The summed E-state index contributed by atoms with van der Waals surface area (Å²) in [6.07, 6.45) is -3.80. The summed E-state index contributed by atoms with van der Waals surface area (Å²) in [5.41, 5.74) is 0. The second-order valence-electron chi connectivity index (χ2n) is 4.16. The number of carbonyl (C=O) groups excluding carboxylic acids is 2. The normalized spacial score (nSPS) is 16.2. The van der Waals surface area contributed by atoms with E-state index in [1.165, 1.54) is 35.2 Å². The first-order chi connectivity index (χ1) is 9.90. The zero-order valence-electron chi connectivity index (χ0n) is 12.8. The summed E-state index contributed by atoms with van der Waals surface area (Å²) in [6.45, 7) is 2.46. The molecule has 0 aliphatic rings. The Balaban J connectivity index is 5.24. The smallest absolute Gasteiger partial charge is 0.304 e. The van der Waals surface area contributed by atoms with E-state index < -0.39 is 36.4 Å². The van der Waals surface area contributed by atoms with Crippen molar-refractivity contribution < 1.29 is 33.3 Å². The fraction of sp³-hybridized carbons (Fsp3) is 0.769. The summed E-state index contributed by atoms with van der Waals surface area (Å²) in [6, 6.07) is 1.82. The minimum absolute atomic E-state index is 0.0379. The third kappa shape index (κ3) is 6.53. The van der Waals surface area contributed by atoms with Gasteiger partial charge in [-0.25, -0.2) is 0 Å². The van der Waals surface area contributed by atoms with Crippen molar-refractivity contribution >= 4 is 11.9 Å². The quantitative estimate of drug-likeness (QED) is 0.550. The first-order valence-corrected chi connectivity index (χ1v) is 6.19. The van der Waals surface area contributed by atoms with Crippen molar-refractivity contribution in [3.05, 3.63) is 0 Å². The van der Waals surface area contributed by atoms with Crippen LogP contribution >= 0.6 is 0 Å². The van der Waals surface area contributed by atoms with Crippen molar-refractivity contribution in [1.29, 1.82) is 5.26 Å². The number of carbonyl (C=O) groups is 2. The molecule has 0 rings (SSSR count). The van der Waals surface area contributed by atoms with Gasteiger partial charge in [0.1, 0.15) is 18.3 Å². The lowest BCUT2D eigenvalue weighted by molar-refractivity contribution is -0.180. The molecule has 0 aromatic rings. The van der Waals surface area contributed by atoms with Gasteiger partial charge in [-0.1, -0.05) is 0 Å². The number of hydrogen-bond donors (Lipinski definition) is 0. The number of methoxy groups -OCH3 is 3. The molecule has 0 N–H and O–H groups in total. The van der Waals surface area contributed by atoms with Crippen molar-refractivity contribution in [3.8, 4) is 6.07 Å². The van der Waals surface area contributed by atoms with Crippen LogP contribution in [-0.4, -0.2) is 64.3 Å². The molecular formula is C13H21NO7. The highest BCUT2D eigenvalue weighted by atomic mass is 16.6. The maximum Gasteiger partial charge on any atom is 0.304 e. The topological polar surface area (TPSA) is 104 Å². The van der Waals surface area contributed by atoms with Crippen LogP contribution in [0.25, 0.3) is 0 Å². The highest BCUT2D eigenvalue weighted by molar-refractivity contribution is 5.66. The average molecular weight is 303 g/mol. The third-order valence-corrected chi connectivity index (χ3v) is 2.60. The molecule has 0 bridgehead atoms. The molecule has 4 unspecified atom stereocenters. The molecule has 120 valence electrons. The number of rotatable bonds is 9. The van der Waals surface area contributed by atoms with Gasteiger partial charge >= 0.3 is 11.9 Å². The van der Waals surface area contributed by atoms with Gasteiger partial charge in [0.25, 0.3) is 0 Å². The number of nitriles is 1. The van der Waals surface area contributed by atoms with Crippen LogP contribution in [0, 0.1) is 11.3 Å². The molecule has 21 heavy (non-hydrogen) atoms. The van der Waals surface area contributed by atoms with Crippen LogP contribution < -0.4 is 0 Å². The van der Waals surface area contributed by atoms with Crippen LogP contribution in [0.5, 0.6) is 0 Å². The molecule has 0 saturated heterocycles. The molecule has 0 aromatic heterocycles. The van der Waals surface area contributed by atoms with E-state index in [-0.39, 0.29) is 6.61 Å². The molecule has 8 nitrogen and oxygen atoms in total. The summed E-state index contributed by atoms with van der Waals surface area (Å²) in [4.78, 5) is 22.2. The third-order valence-electron chi connectivity index (χ3n) is 2.60. The lowest BCUT2D eigenvalue weighted by Crippen LogP contribution is -2.50. The molecule has 0 heterocycles. The van der Waals surface area contributed by atoms with Crippen LogP contribution in [0.2, 0.25) is 0 Å². The van der Waals surface area contributed by atoms with Crippen LogP contribution in [0.1, 0.15) is 13.8 Å². The van der Waals surface area contributed by atoms with Crippen molar-refractivity contribution in [2.24, 2.45) is 0 Å². The van der Waals surface area contributed by atoms with Gasteiger partial charge in [-0.05, 0) is 0 Å². The van der Waals surface area contributed by atoms with Gasteiger partial charge in [0.2, 0.25) is 6.10 Å². The van der Waals surface area contributed by atoms with Crippen LogP contribution in [0.4, 0.5) is 0 Å². The monoisotopic (exact) mass is 303 g/mol. The number of ether oxygens (including phenoxy) is 5. The Hall–Kier alpha value is -1.69. The molecule has 0 radical (unpaired) electrons. The highest BCUT2D eigenvalue weighted by Gasteiger charge is 2.39. The van der Waals surface area contributed by atoms with E-state index in [9.17, 15) is 9.59 Å². The van der Waals surface area contributed by atoms with Gasteiger partial charge in [-0.15, -0.1) is 0 Å². The minimum Gasteiger partial charge on any atom is -0.457 e. The van der Waals surface area contributed by atoms with E-state index in [0.29, 0.717) is 0 Å². The van der Waals surface area contributed by atoms with Crippen molar-refractivity contribution in [2.45, 2.75) is 38.3 Å². The average Bonchev–Trinajstić information content (AvgIpc) is 2.41. The van der Waals surface area contributed by atoms with Crippen LogP contribution in [0.15, 0.2) is 0 Å². The van der Waals surface area contributed by atoms with E-state index in [1.807, 2.05) is 6.07 Å². The predicted octanol–water partition coefficient (Wildman–Crippen LogP) is 0.0498. The molecule has 0 aromatic carbocycles. The summed E-state index contributed by atoms with van der Waals surface area (Å²) in [5, 5.41) is 9.11. The molecule has 0 amide bonds. The Bertz CT molecular complexity index is 379. The van der Waals surface area contributed by atoms with E-state index in [0.717, 1.165) is 0 Å². The van der Waals surface area contributed by atoms with E-state index >= 15 is 0 Å². The van der Waals surface area contributed by atoms with Crippen molar-refractivity contribution in [1.82, 2.24) is 0 Å². The fourth-order valence-electron chi connectivity index (χ4n) is 1.85. The van der Waals surface area contributed by atoms with Gasteiger partial charge < -0.3 is 23.7 Å². The molecule has 0 saturated carbocycles. The van der Waals surface area contributed by atoms with Gasteiger partial charge in [0, 0.05) is 35.2 Å². The molecule has 0 fully saturated rings. The van der Waals surface area contributed by atoms with E-state index in [4.69, 9.17) is 28.9 Å². The lowest BCUT2D eigenvalue weighted by atomic mass is 10.0. The van der Waals surface area contributed by atoms with Crippen LogP contribution in [-0.2, 0) is 33.3 Å². The SMILES string of the molecule is COCC(OC(C)=O)C(OC)C(OC)C(C#N)OC(C)=O. The molecule has 0 spiro atoms. The number of esters is 2. The van der Waals surface area contributed by atoms with Crippen molar-refractivity contribution in [2.75, 3.05) is 27.9 Å². The Kier molecular flexibility index (Phi) is 9.28. The summed E-state index contributed by atoms with van der Waals surface area (Å²) in [7, 11) is 4.13. The molecular weight excluding hydrogens is 282 g/mol. The van der Waals surface area contributed by atoms with Crippen molar-refractivity contribution in [3.63, 3.8) is 0 Å². The van der Waals surface area contributed by atoms with Gasteiger partial charge in [0.05, 0.1) is 6.61 Å². The standard InChI is InChI=1S/C13H21NO7/c1-8(15)20-10(6-14)12(18-4)13(19-5)11(7-17-3)21-9(2)16/h10-13H,7H2,1-5H3. The largest absolute Gasteiger partial charge is 0.457 e. The highest BCUT2D eigenvalue weighted by Crippen LogP contribution is 2.17. The van der Waals surface area contributed by atoms with E-state index in [2.05, 4.69) is 0 Å². The van der Waals surface area contributed by atoms with Gasteiger partial charge in [0.15, 0.2) is 6.10 Å². The zero-order valence-corrected chi connectivity index (χ0v) is 12.8. The lowest BCUT2D eigenvalue weighted by Gasteiger charge is -2.32. The van der Waals surface area contributed by atoms with E-state index in [1.54, 1.807) is 0 Å². The Labute approximate surface area is 123 Å². The Morgan fingerprint density at radius 3 is 1.86 bits per heavy atom. The summed E-state index contributed by atoms with van der Waals surface area (Å²) < 4.78 is 25.4. The molecule has 4 atom stereocenters. The summed E-state index contributed by atoms with van der Waals surface area (Å²) >= 11 is 0. The Morgan fingerprint density at radius 2 is 1.52 bits per heavy atom. The second-order valence-corrected chi connectivity index (χ2v) is 4.16. The number of hydrogen-bond acceptors (Lipinski definition) is 8.